The van der Waals surface area contributed by atoms with Crippen LogP contribution in [0.2, 0.25) is 0 Å². The molecule has 112 valence electrons. The maximum atomic E-state index is 6.20. The second-order valence-corrected chi connectivity index (χ2v) is 7.42. The first-order valence-corrected chi connectivity index (χ1v) is 9.18. The molecular weight excluding hydrogens is 300 g/mol. The van der Waals surface area contributed by atoms with Crippen LogP contribution in [0.3, 0.4) is 0 Å². The van der Waals surface area contributed by atoms with Crippen molar-refractivity contribution in [1.82, 2.24) is 9.97 Å². The summed E-state index contributed by atoms with van der Waals surface area (Å²) in [6, 6.07) is 0. The molecule has 1 aliphatic heterocycles. The summed E-state index contributed by atoms with van der Waals surface area (Å²) in [5.41, 5.74) is 7.60. The van der Waals surface area contributed by atoms with E-state index in [0.717, 1.165) is 34.1 Å². The molecule has 0 amide bonds. The SMILES string of the molecule is C=CCSc1nc(N)c2c3c(sc2n1)C[NH+](CCC)CC3. The van der Waals surface area contributed by atoms with Gasteiger partial charge in [-0.25, -0.2) is 9.97 Å². The van der Waals surface area contributed by atoms with Crippen LogP contribution in [0.25, 0.3) is 10.2 Å². The summed E-state index contributed by atoms with van der Waals surface area (Å²) in [4.78, 5) is 13.3. The van der Waals surface area contributed by atoms with E-state index in [1.807, 2.05) is 6.08 Å². The number of anilines is 1. The zero-order valence-electron chi connectivity index (χ0n) is 12.3. The Kier molecular flexibility index (Phi) is 4.47. The van der Waals surface area contributed by atoms with E-state index in [1.165, 1.54) is 30.0 Å². The largest absolute Gasteiger partial charge is 0.383 e. The zero-order chi connectivity index (χ0) is 14.8. The van der Waals surface area contributed by atoms with Crippen molar-refractivity contribution in [2.45, 2.75) is 31.5 Å². The number of hydrogen-bond donors (Lipinski definition) is 2. The van der Waals surface area contributed by atoms with E-state index in [4.69, 9.17) is 5.73 Å². The average molecular weight is 321 g/mol. The molecule has 6 heteroatoms. The van der Waals surface area contributed by atoms with Crippen LogP contribution in [0, 0.1) is 0 Å². The van der Waals surface area contributed by atoms with Gasteiger partial charge in [-0.15, -0.1) is 17.9 Å². The number of nitrogens with two attached hydrogens (primary N) is 1. The van der Waals surface area contributed by atoms with Crippen LogP contribution >= 0.6 is 23.1 Å². The lowest BCUT2D eigenvalue weighted by atomic mass is 10.1. The molecule has 0 saturated carbocycles. The van der Waals surface area contributed by atoms with Crippen LogP contribution in [0.4, 0.5) is 5.82 Å². The molecule has 3 rings (SSSR count). The zero-order valence-corrected chi connectivity index (χ0v) is 13.9. The Bertz CT molecular complexity index is 665. The van der Waals surface area contributed by atoms with Gasteiger partial charge in [-0.2, -0.15) is 0 Å². The second-order valence-electron chi connectivity index (χ2n) is 5.35. The molecule has 1 atom stereocenters. The molecule has 0 spiro atoms. The second kappa shape index (κ2) is 6.34. The van der Waals surface area contributed by atoms with Gasteiger partial charge in [0.25, 0.3) is 0 Å². The smallest absolute Gasteiger partial charge is 0.191 e. The van der Waals surface area contributed by atoms with Crippen molar-refractivity contribution in [3.8, 4) is 0 Å². The molecule has 2 aromatic heterocycles. The Labute approximate surface area is 133 Å². The first kappa shape index (κ1) is 14.8. The summed E-state index contributed by atoms with van der Waals surface area (Å²) in [6.07, 6.45) is 4.19. The molecule has 0 saturated heterocycles. The fraction of sp³-hybridized carbons (Fsp3) is 0.467. The minimum Gasteiger partial charge on any atom is -0.383 e. The van der Waals surface area contributed by atoms with Crippen molar-refractivity contribution >= 4 is 39.1 Å². The van der Waals surface area contributed by atoms with Crippen molar-refractivity contribution < 1.29 is 4.90 Å². The summed E-state index contributed by atoms with van der Waals surface area (Å²) >= 11 is 3.39. The van der Waals surface area contributed by atoms with Gasteiger partial charge in [0.1, 0.15) is 17.2 Å². The maximum absolute atomic E-state index is 6.20. The van der Waals surface area contributed by atoms with E-state index in [-0.39, 0.29) is 0 Å². The number of nitrogens with one attached hydrogen (secondary N) is 1. The van der Waals surface area contributed by atoms with Crippen molar-refractivity contribution in [3.63, 3.8) is 0 Å². The van der Waals surface area contributed by atoms with E-state index in [2.05, 4.69) is 23.5 Å². The van der Waals surface area contributed by atoms with Crippen LogP contribution in [-0.4, -0.2) is 28.8 Å². The predicted octanol–water partition coefficient (Wildman–Crippen LogP) is 1.90. The number of nitrogens with zero attached hydrogens (tertiary/aromatic N) is 2. The monoisotopic (exact) mass is 321 g/mol. The van der Waals surface area contributed by atoms with E-state index in [0.29, 0.717) is 5.82 Å². The Morgan fingerprint density at radius 3 is 3.10 bits per heavy atom. The highest BCUT2D eigenvalue weighted by Crippen LogP contribution is 2.35. The third-order valence-corrected chi connectivity index (χ3v) is 5.78. The molecule has 0 radical (unpaired) electrons. The Balaban J connectivity index is 1.97. The highest BCUT2D eigenvalue weighted by Gasteiger charge is 2.25. The lowest BCUT2D eigenvalue weighted by Gasteiger charge is -2.23. The number of thioether (sulfide) groups is 1. The number of fused-ring (bicyclic) bond motifs is 3. The van der Waals surface area contributed by atoms with Gasteiger partial charge in [0.2, 0.25) is 0 Å². The molecule has 4 nitrogen and oxygen atoms in total. The number of quaternary nitrogens is 1. The number of aromatic nitrogens is 2. The predicted molar refractivity (Wildman–Crippen MR) is 91.1 cm³/mol. The molecule has 0 aromatic carbocycles. The highest BCUT2D eigenvalue weighted by molar-refractivity contribution is 7.99. The standard InChI is InChI=1S/C15H20N4S2/c1-3-6-19-7-5-10-11(9-19)21-14-12(10)13(16)17-15(18-14)20-8-4-2/h4H,2-3,5-9H2,1H3,(H2,16,17,18)/p+1. The fourth-order valence-corrected chi connectivity index (χ4v) is 4.84. The quantitative estimate of drug-likeness (QED) is 0.502. The normalized spacial score (nSPS) is 17.9. The average Bonchev–Trinajstić information content (AvgIpc) is 2.83. The summed E-state index contributed by atoms with van der Waals surface area (Å²) < 4.78 is 0. The van der Waals surface area contributed by atoms with Crippen LogP contribution in [0.1, 0.15) is 23.8 Å². The Morgan fingerprint density at radius 1 is 1.48 bits per heavy atom. The number of rotatable bonds is 5. The first-order chi connectivity index (χ1) is 10.2. The number of thiophene rings is 1. The summed E-state index contributed by atoms with van der Waals surface area (Å²) in [7, 11) is 0. The number of nitrogen functional groups attached to an aromatic ring is 1. The maximum Gasteiger partial charge on any atom is 0.191 e. The molecule has 2 aromatic rings. The van der Waals surface area contributed by atoms with Gasteiger partial charge >= 0.3 is 0 Å². The number of hydrogen-bond acceptors (Lipinski definition) is 5. The van der Waals surface area contributed by atoms with Gasteiger partial charge in [-0.05, 0) is 12.0 Å². The molecule has 0 fully saturated rings. The van der Waals surface area contributed by atoms with Gasteiger partial charge in [-0.1, -0.05) is 24.8 Å². The molecule has 0 aliphatic carbocycles. The lowest BCUT2D eigenvalue weighted by Crippen LogP contribution is -3.11. The summed E-state index contributed by atoms with van der Waals surface area (Å²) in [5, 5.41) is 1.87. The minimum atomic E-state index is 0.642. The van der Waals surface area contributed by atoms with E-state index < -0.39 is 0 Å². The molecule has 1 unspecified atom stereocenters. The summed E-state index contributed by atoms with van der Waals surface area (Å²) in [5.74, 6) is 1.45. The molecule has 0 bridgehead atoms. The van der Waals surface area contributed by atoms with E-state index in [1.54, 1.807) is 28.0 Å². The van der Waals surface area contributed by atoms with Gasteiger partial charge in [-0.3, -0.25) is 0 Å². The highest BCUT2D eigenvalue weighted by atomic mass is 32.2. The van der Waals surface area contributed by atoms with Gasteiger partial charge < -0.3 is 10.6 Å². The Hall–Kier alpha value is -1.11. The minimum absolute atomic E-state index is 0.642. The van der Waals surface area contributed by atoms with Crippen molar-refractivity contribution in [2.75, 3.05) is 24.6 Å². The molecular formula is C15H21N4S2+. The summed E-state index contributed by atoms with van der Waals surface area (Å²) in [6.45, 7) is 9.53. The molecule has 1 aliphatic rings. The van der Waals surface area contributed by atoms with E-state index in [9.17, 15) is 0 Å². The molecule has 21 heavy (non-hydrogen) atoms. The van der Waals surface area contributed by atoms with Crippen LogP contribution < -0.4 is 10.6 Å². The topological polar surface area (TPSA) is 56.2 Å². The third kappa shape index (κ3) is 2.93. The van der Waals surface area contributed by atoms with Gasteiger partial charge in [0, 0.05) is 12.2 Å². The third-order valence-electron chi connectivity index (χ3n) is 3.81. The van der Waals surface area contributed by atoms with Crippen molar-refractivity contribution in [3.05, 3.63) is 23.1 Å². The van der Waals surface area contributed by atoms with Crippen LogP contribution in [0.5, 0.6) is 0 Å². The van der Waals surface area contributed by atoms with Crippen LogP contribution in [-0.2, 0) is 13.0 Å². The fourth-order valence-electron chi connectivity index (χ4n) is 2.90. The lowest BCUT2D eigenvalue weighted by molar-refractivity contribution is -0.915. The first-order valence-electron chi connectivity index (χ1n) is 7.38. The van der Waals surface area contributed by atoms with Crippen LogP contribution in [0.15, 0.2) is 17.8 Å². The molecule has 3 heterocycles. The van der Waals surface area contributed by atoms with E-state index >= 15 is 0 Å². The van der Waals surface area contributed by atoms with Gasteiger partial charge in [0.15, 0.2) is 5.16 Å². The molecule has 3 N–H and O–H groups in total. The Morgan fingerprint density at radius 2 is 2.33 bits per heavy atom. The van der Waals surface area contributed by atoms with Gasteiger partial charge in [0.05, 0.1) is 23.4 Å². The van der Waals surface area contributed by atoms with Crippen molar-refractivity contribution in [1.29, 1.82) is 0 Å². The van der Waals surface area contributed by atoms with Crippen molar-refractivity contribution in [2.24, 2.45) is 0 Å².